The van der Waals surface area contributed by atoms with Crippen LogP contribution in [0.1, 0.15) is 34.3 Å². The number of nitrogens with one attached hydrogen (secondary N) is 1. The molecule has 1 aliphatic rings. The third-order valence-corrected chi connectivity index (χ3v) is 4.73. The Hall–Kier alpha value is -2.62. The summed E-state index contributed by atoms with van der Waals surface area (Å²) in [5, 5.41) is 3.05. The number of pyridine rings is 1. The first kappa shape index (κ1) is 14.9. The summed E-state index contributed by atoms with van der Waals surface area (Å²) in [6.45, 7) is 3.63. The zero-order valence-corrected chi connectivity index (χ0v) is 13.8. The van der Waals surface area contributed by atoms with Crippen LogP contribution in [0, 0.1) is 12.8 Å². The number of hydrogen-bond acceptors (Lipinski definition) is 2. The summed E-state index contributed by atoms with van der Waals surface area (Å²) in [5.74, 6) is 0.649. The summed E-state index contributed by atoms with van der Waals surface area (Å²) < 4.78 is 2.12. The van der Waals surface area contributed by atoms with Gasteiger partial charge in [-0.2, -0.15) is 0 Å². The molecule has 0 spiro atoms. The van der Waals surface area contributed by atoms with Gasteiger partial charge in [-0.05, 0) is 48.9 Å². The zero-order chi connectivity index (χ0) is 16.5. The minimum absolute atomic E-state index is 0.0193. The largest absolute Gasteiger partial charge is 0.352 e. The molecule has 2 heterocycles. The Kier molecular flexibility index (Phi) is 3.81. The highest BCUT2D eigenvalue weighted by atomic mass is 16.1. The van der Waals surface area contributed by atoms with Gasteiger partial charge in [0.2, 0.25) is 0 Å². The lowest BCUT2D eigenvalue weighted by atomic mass is 10.1. The van der Waals surface area contributed by atoms with E-state index < -0.39 is 0 Å². The molecular weight excluding hydrogens is 298 g/mol. The van der Waals surface area contributed by atoms with Crippen LogP contribution in [0.5, 0.6) is 0 Å². The van der Waals surface area contributed by atoms with Crippen LogP contribution in [0.4, 0.5) is 0 Å². The van der Waals surface area contributed by atoms with Crippen molar-refractivity contribution in [3.8, 4) is 0 Å². The van der Waals surface area contributed by atoms with E-state index in [1.165, 1.54) is 24.0 Å². The van der Waals surface area contributed by atoms with Crippen molar-refractivity contribution < 1.29 is 4.79 Å². The third kappa shape index (κ3) is 2.92. The van der Waals surface area contributed by atoms with Crippen molar-refractivity contribution in [2.45, 2.75) is 26.3 Å². The van der Waals surface area contributed by atoms with E-state index in [0.717, 1.165) is 24.1 Å². The highest BCUT2D eigenvalue weighted by Crippen LogP contribution is 2.28. The quantitative estimate of drug-likeness (QED) is 0.782. The van der Waals surface area contributed by atoms with Gasteiger partial charge in [0.15, 0.2) is 0 Å². The van der Waals surface area contributed by atoms with Gasteiger partial charge >= 0.3 is 0 Å². The van der Waals surface area contributed by atoms with Gasteiger partial charge in [0.05, 0.1) is 11.1 Å². The first-order valence-electron chi connectivity index (χ1n) is 8.49. The summed E-state index contributed by atoms with van der Waals surface area (Å²) >= 11 is 0. The summed E-state index contributed by atoms with van der Waals surface area (Å²) in [6, 6.07) is 12.3. The van der Waals surface area contributed by atoms with Gasteiger partial charge in [-0.15, -0.1) is 0 Å². The number of nitrogens with zero attached hydrogens (tertiary/aromatic N) is 2. The number of hydrogen-bond donors (Lipinski definition) is 1. The van der Waals surface area contributed by atoms with Crippen molar-refractivity contribution in [3.63, 3.8) is 0 Å². The highest BCUT2D eigenvalue weighted by molar-refractivity contribution is 6.05. The molecule has 1 aromatic carbocycles. The van der Waals surface area contributed by atoms with Crippen LogP contribution >= 0.6 is 0 Å². The predicted octanol–water partition coefficient (Wildman–Crippen LogP) is 3.53. The van der Waals surface area contributed by atoms with E-state index in [4.69, 9.17) is 0 Å². The average molecular weight is 319 g/mol. The molecule has 1 N–H and O–H groups in total. The molecule has 0 atom stereocenters. The summed E-state index contributed by atoms with van der Waals surface area (Å²) in [6.07, 6.45) is 6.14. The van der Waals surface area contributed by atoms with Gasteiger partial charge in [0, 0.05) is 25.5 Å². The Morgan fingerprint density at radius 3 is 2.88 bits per heavy atom. The molecule has 4 heteroatoms. The van der Waals surface area contributed by atoms with Gasteiger partial charge in [0.1, 0.15) is 5.52 Å². The van der Waals surface area contributed by atoms with Gasteiger partial charge in [0.25, 0.3) is 5.91 Å². The van der Waals surface area contributed by atoms with Crippen molar-refractivity contribution in [1.82, 2.24) is 14.9 Å². The number of fused-ring (bicyclic) bond motifs is 1. The van der Waals surface area contributed by atoms with Crippen LogP contribution in [-0.2, 0) is 6.54 Å². The fourth-order valence-corrected chi connectivity index (χ4v) is 3.04. The first-order valence-corrected chi connectivity index (χ1v) is 8.49. The fraction of sp³-hybridized carbons (Fsp3) is 0.300. The molecule has 4 nitrogen and oxygen atoms in total. The maximum atomic E-state index is 12.6. The lowest BCUT2D eigenvalue weighted by Gasteiger charge is -2.08. The molecule has 3 aromatic rings. The van der Waals surface area contributed by atoms with Gasteiger partial charge in [-0.25, -0.2) is 0 Å². The maximum absolute atomic E-state index is 12.6. The van der Waals surface area contributed by atoms with Crippen LogP contribution in [-0.4, -0.2) is 22.0 Å². The maximum Gasteiger partial charge on any atom is 0.255 e. The molecule has 24 heavy (non-hydrogen) atoms. The summed E-state index contributed by atoms with van der Waals surface area (Å²) in [7, 11) is 0. The van der Waals surface area contributed by atoms with Crippen molar-refractivity contribution in [2.24, 2.45) is 5.92 Å². The van der Waals surface area contributed by atoms with Crippen molar-refractivity contribution in [2.75, 3.05) is 6.54 Å². The number of rotatable bonds is 5. The molecule has 1 fully saturated rings. The smallest absolute Gasteiger partial charge is 0.255 e. The normalized spacial score (nSPS) is 14.0. The molecule has 1 amide bonds. The molecular formula is C20H21N3O. The number of benzene rings is 1. The highest BCUT2D eigenvalue weighted by Gasteiger charge is 2.23. The standard InChI is InChI=1S/C20H21N3O/c1-14-5-2-3-6-16(14)12-23-13-17(19-18(23)7-4-10-21-19)20(24)22-11-15-8-9-15/h2-7,10,13,15H,8-9,11-12H2,1H3,(H,22,24). The molecule has 122 valence electrons. The Bertz CT molecular complexity index is 893. The van der Waals surface area contributed by atoms with E-state index in [2.05, 4.69) is 40.0 Å². The van der Waals surface area contributed by atoms with Gasteiger partial charge < -0.3 is 9.88 Å². The van der Waals surface area contributed by atoms with E-state index in [-0.39, 0.29) is 5.91 Å². The predicted molar refractivity (Wildman–Crippen MR) is 95.1 cm³/mol. The monoisotopic (exact) mass is 319 g/mol. The van der Waals surface area contributed by atoms with Crippen molar-refractivity contribution >= 4 is 16.9 Å². The number of aryl methyl sites for hydroxylation is 1. The van der Waals surface area contributed by atoms with E-state index in [9.17, 15) is 4.79 Å². The second-order valence-corrected chi connectivity index (χ2v) is 6.62. The van der Waals surface area contributed by atoms with Crippen molar-refractivity contribution in [1.29, 1.82) is 0 Å². The van der Waals surface area contributed by atoms with E-state index in [0.29, 0.717) is 11.5 Å². The number of amides is 1. The van der Waals surface area contributed by atoms with Crippen LogP contribution in [0.25, 0.3) is 11.0 Å². The third-order valence-electron chi connectivity index (χ3n) is 4.73. The lowest BCUT2D eigenvalue weighted by molar-refractivity contribution is 0.0953. The Labute approximate surface area is 141 Å². The zero-order valence-electron chi connectivity index (χ0n) is 13.8. The molecule has 0 bridgehead atoms. The topological polar surface area (TPSA) is 46.9 Å². The molecule has 0 unspecified atom stereocenters. The Balaban J connectivity index is 1.68. The number of carbonyl (C=O) groups excluding carboxylic acids is 1. The Morgan fingerprint density at radius 2 is 2.08 bits per heavy atom. The molecule has 0 aliphatic heterocycles. The van der Waals surface area contributed by atoms with Crippen LogP contribution in [0.2, 0.25) is 0 Å². The fourth-order valence-electron chi connectivity index (χ4n) is 3.04. The van der Waals surface area contributed by atoms with E-state index in [1.807, 2.05) is 24.4 Å². The van der Waals surface area contributed by atoms with Crippen molar-refractivity contribution in [3.05, 3.63) is 65.5 Å². The minimum Gasteiger partial charge on any atom is -0.352 e. The van der Waals surface area contributed by atoms with Crippen LogP contribution in [0.15, 0.2) is 48.8 Å². The summed E-state index contributed by atoms with van der Waals surface area (Å²) in [4.78, 5) is 17.0. The molecule has 4 rings (SSSR count). The second kappa shape index (κ2) is 6.11. The van der Waals surface area contributed by atoms with Gasteiger partial charge in [-0.1, -0.05) is 24.3 Å². The second-order valence-electron chi connectivity index (χ2n) is 6.62. The summed E-state index contributed by atoms with van der Waals surface area (Å²) in [5.41, 5.74) is 4.95. The minimum atomic E-state index is -0.0193. The van der Waals surface area contributed by atoms with E-state index in [1.54, 1.807) is 6.20 Å². The molecule has 1 aliphatic carbocycles. The first-order chi connectivity index (χ1) is 11.7. The number of aromatic nitrogens is 2. The van der Waals surface area contributed by atoms with Crippen LogP contribution < -0.4 is 5.32 Å². The van der Waals surface area contributed by atoms with Gasteiger partial charge in [-0.3, -0.25) is 9.78 Å². The molecule has 2 aromatic heterocycles. The average Bonchev–Trinajstić information content (AvgIpc) is 3.36. The molecule has 0 radical (unpaired) electrons. The van der Waals surface area contributed by atoms with E-state index >= 15 is 0 Å². The lowest BCUT2D eigenvalue weighted by Crippen LogP contribution is -2.25. The Morgan fingerprint density at radius 1 is 1.25 bits per heavy atom. The molecule has 1 saturated carbocycles. The number of carbonyl (C=O) groups is 1. The molecule has 0 saturated heterocycles. The van der Waals surface area contributed by atoms with Crippen LogP contribution in [0.3, 0.4) is 0 Å². The SMILES string of the molecule is Cc1ccccc1Cn1cc(C(=O)NCC2CC2)c2ncccc21.